The van der Waals surface area contributed by atoms with E-state index in [2.05, 4.69) is 5.32 Å². The van der Waals surface area contributed by atoms with Crippen LogP contribution < -0.4 is 10.1 Å². The van der Waals surface area contributed by atoms with E-state index in [0.29, 0.717) is 18.9 Å². The van der Waals surface area contributed by atoms with Crippen LogP contribution in [0.5, 0.6) is 5.75 Å². The fraction of sp³-hybridized carbons (Fsp3) is 0.533. The van der Waals surface area contributed by atoms with Crippen LogP contribution in [0.4, 0.5) is 5.69 Å². The van der Waals surface area contributed by atoms with E-state index >= 15 is 0 Å². The lowest BCUT2D eigenvalue weighted by Gasteiger charge is -2.13. The lowest BCUT2D eigenvalue weighted by Crippen LogP contribution is -2.15. The molecule has 0 radical (unpaired) electrons. The van der Waals surface area contributed by atoms with Gasteiger partial charge in [-0.05, 0) is 37.8 Å². The van der Waals surface area contributed by atoms with Crippen LogP contribution in [0.1, 0.15) is 39.0 Å². The maximum Gasteiger partial charge on any atom is 0.224 e. The molecule has 1 aromatic carbocycles. The van der Waals surface area contributed by atoms with Crippen molar-refractivity contribution in [2.75, 3.05) is 11.9 Å². The van der Waals surface area contributed by atoms with Gasteiger partial charge in [-0.1, -0.05) is 25.0 Å². The third-order valence-electron chi connectivity index (χ3n) is 3.41. The van der Waals surface area contributed by atoms with Crippen molar-refractivity contribution in [3.8, 4) is 5.75 Å². The summed E-state index contributed by atoms with van der Waals surface area (Å²) >= 11 is 0. The molecule has 1 aliphatic rings. The first-order valence-electron chi connectivity index (χ1n) is 6.81. The van der Waals surface area contributed by atoms with E-state index in [-0.39, 0.29) is 5.91 Å². The predicted octanol–water partition coefficient (Wildman–Crippen LogP) is 3.60. The molecule has 1 saturated carbocycles. The average Bonchev–Trinajstić information content (AvgIpc) is 2.84. The molecule has 18 heavy (non-hydrogen) atoms. The second kappa shape index (κ2) is 6.43. The molecule has 1 amide bonds. The monoisotopic (exact) mass is 247 g/mol. The summed E-state index contributed by atoms with van der Waals surface area (Å²) < 4.78 is 5.49. The fourth-order valence-electron chi connectivity index (χ4n) is 2.53. The first-order chi connectivity index (χ1) is 8.79. The summed E-state index contributed by atoms with van der Waals surface area (Å²) in [7, 11) is 0. The molecular formula is C15H21NO2. The van der Waals surface area contributed by atoms with Crippen LogP contribution >= 0.6 is 0 Å². The van der Waals surface area contributed by atoms with E-state index in [1.165, 1.54) is 25.7 Å². The number of hydrogen-bond acceptors (Lipinski definition) is 2. The molecule has 98 valence electrons. The van der Waals surface area contributed by atoms with Gasteiger partial charge in [-0.25, -0.2) is 0 Å². The van der Waals surface area contributed by atoms with Gasteiger partial charge in [0.25, 0.3) is 0 Å². The highest BCUT2D eigenvalue weighted by Gasteiger charge is 2.18. The SMILES string of the molecule is CCOc1ccccc1NC(=O)CC1CCCC1. The molecule has 0 bridgehead atoms. The van der Waals surface area contributed by atoms with Crippen molar-refractivity contribution in [2.45, 2.75) is 39.0 Å². The minimum absolute atomic E-state index is 0.106. The van der Waals surface area contributed by atoms with Crippen molar-refractivity contribution in [3.63, 3.8) is 0 Å². The Bertz CT molecular complexity index is 397. The summed E-state index contributed by atoms with van der Waals surface area (Å²) in [5.41, 5.74) is 0.780. The molecule has 3 nitrogen and oxygen atoms in total. The summed E-state index contributed by atoms with van der Waals surface area (Å²) in [6, 6.07) is 7.59. The van der Waals surface area contributed by atoms with Crippen molar-refractivity contribution in [3.05, 3.63) is 24.3 Å². The van der Waals surface area contributed by atoms with Crippen LogP contribution in [-0.4, -0.2) is 12.5 Å². The smallest absolute Gasteiger partial charge is 0.224 e. The largest absolute Gasteiger partial charge is 0.492 e. The van der Waals surface area contributed by atoms with Crippen molar-refractivity contribution >= 4 is 11.6 Å². The third-order valence-corrected chi connectivity index (χ3v) is 3.41. The summed E-state index contributed by atoms with van der Waals surface area (Å²) in [4.78, 5) is 12.0. The van der Waals surface area contributed by atoms with Crippen LogP contribution in [0, 0.1) is 5.92 Å². The molecule has 0 aliphatic heterocycles. The van der Waals surface area contributed by atoms with Gasteiger partial charge in [0.2, 0.25) is 5.91 Å². The zero-order valence-electron chi connectivity index (χ0n) is 10.9. The van der Waals surface area contributed by atoms with E-state index in [9.17, 15) is 4.79 Å². The maximum atomic E-state index is 12.0. The molecule has 0 heterocycles. The van der Waals surface area contributed by atoms with Gasteiger partial charge in [-0.3, -0.25) is 4.79 Å². The number of amides is 1. The Morgan fingerprint density at radius 1 is 1.33 bits per heavy atom. The topological polar surface area (TPSA) is 38.3 Å². The molecule has 1 fully saturated rings. The predicted molar refractivity (Wildman–Crippen MR) is 72.8 cm³/mol. The summed E-state index contributed by atoms with van der Waals surface area (Å²) in [6.07, 6.45) is 5.57. The number of carbonyl (C=O) groups excluding carboxylic acids is 1. The van der Waals surface area contributed by atoms with Crippen LogP contribution in [-0.2, 0) is 4.79 Å². The van der Waals surface area contributed by atoms with Crippen molar-refractivity contribution in [2.24, 2.45) is 5.92 Å². The number of rotatable bonds is 5. The van der Waals surface area contributed by atoms with E-state index in [1.54, 1.807) is 0 Å². The summed E-state index contributed by atoms with van der Waals surface area (Å²) in [6.45, 7) is 2.55. The Hall–Kier alpha value is -1.51. The lowest BCUT2D eigenvalue weighted by atomic mass is 10.0. The quantitative estimate of drug-likeness (QED) is 0.863. The van der Waals surface area contributed by atoms with E-state index in [1.807, 2.05) is 31.2 Å². The number of nitrogens with one attached hydrogen (secondary N) is 1. The highest BCUT2D eigenvalue weighted by molar-refractivity contribution is 5.92. The number of hydrogen-bond donors (Lipinski definition) is 1. The Balaban J connectivity index is 1.93. The number of ether oxygens (including phenoxy) is 1. The van der Waals surface area contributed by atoms with Crippen LogP contribution in [0.2, 0.25) is 0 Å². The highest BCUT2D eigenvalue weighted by Crippen LogP contribution is 2.29. The van der Waals surface area contributed by atoms with Gasteiger partial charge in [0.1, 0.15) is 5.75 Å². The summed E-state index contributed by atoms with van der Waals surface area (Å²) in [5.74, 6) is 1.43. The molecular weight excluding hydrogens is 226 g/mol. The zero-order valence-corrected chi connectivity index (χ0v) is 10.9. The number of carbonyl (C=O) groups is 1. The number of benzene rings is 1. The van der Waals surface area contributed by atoms with Gasteiger partial charge >= 0.3 is 0 Å². The Labute approximate surface area is 109 Å². The summed E-state index contributed by atoms with van der Waals surface area (Å²) in [5, 5.41) is 2.96. The van der Waals surface area contributed by atoms with Gasteiger partial charge in [-0.15, -0.1) is 0 Å². The first-order valence-corrected chi connectivity index (χ1v) is 6.81. The molecule has 0 spiro atoms. The van der Waals surface area contributed by atoms with Crippen LogP contribution in [0.25, 0.3) is 0 Å². The molecule has 0 saturated heterocycles. The molecule has 0 atom stereocenters. The molecule has 1 aromatic rings. The van der Waals surface area contributed by atoms with Gasteiger partial charge in [0.05, 0.1) is 12.3 Å². The van der Waals surface area contributed by atoms with Gasteiger partial charge in [0, 0.05) is 6.42 Å². The molecule has 0 aromatic heterocycles. The van der Waals surface area contributed by atoms with Crippen LogP contribution in [0.15, 0.2) is 24.3 Å². The molecule has 2 rings (SSSR count). The second-order valence-electron chi connectivity index (χ2n) is 4.83. The third kappa shape index (κ3) is 3.49. The minimum atomic E-state index is 0.106. The minimum Gasteiger partial charge on any atom is -0.492 e. The molecule has 1 aliphatic carbocycles. The van der Waals surface area contributed by atoms with Crippen molar-refractivity contribution < 1.29 is 9.53 Å². The zero-order chi connectivity index (χ0) is 12.8. The maximum absolute atomic E-state index is 12.0. The first kappa shape index (κ1) is 12.9. The molecule has 3 heteroatoms. The average molecular weight is 247 g/mol. The highest BCUT2D eigenvalue weighted by atomic mass is 16.5. The van der Waals surface area contributed by atoms with Gasteiger partial charge in [0.15, 0.2) is 0 Å². The molecule has 1 N–H and O–H groups in total. The van der Waals surface area contributed by atoms with Gasteiger partial charge < -0.3 is 10.1 Å². The Morgan fingerprint density at radius 3 is 2.78 bits per heavy atom. The normalized spacial score (nSPS) is 15.6. The fourth-order valence-corrected chi connectivity index (χ4v) is 2.53. The van der Waals surface area contributed by atoms with Gasteiger partial charge in [-0.2, -0.15) is 0 Å². The van der Waals surface area contributed by atoms with E-state index in [4.69, 9.17) is 4.74 Å². The standard InChI is InChI=1S/C15H21NO2/c1-2-18-14-10-6-5-9-13(14)16-15(17)11-12-7-3-4-8-12/h5-6,9-10,12H,2-4,7-8,11H2,1H3,(H,16,17). The van der Waals surface area contributed by atoms with Crippen molar-refractivity contribution in [1.29, 1.82) is 0 Å². The Morgan fingerprint density at radius 2 is 2.06 bits per heavy atom. The number of para-hydroxylation sites is 2. The van der Waals surface area contributed by atoms with Crippen molar-refractivity contribution in [1.82, 2.24) is 0 Å². The lowest BCUT2D eigenvalue weighted by molar-refractivity contribution is -0.117. The second-order valence-corrected chi connectivity index (χ2v) is 4.83. The molecule has 0 unspecified atom stereocenters. The number of anilines is 1. The Kier molecular flexibility index (Phi) is 4.62. The van der Waals surface area contributed by atoms with E-state index in [0.717, 1.165) is 11.4 Å². The van der Waals surface area contributed by atoms with Crippen LogP contribution in [0.3, 0.4) is 0 Å². The van der Waals surface area contributed by atoms with E-state index < -0.39 is 0 Å².